The Morgan fingerprint density at radius 1 is 0.919 bits per heavy atom. The number of aryl methyl sites for hydroxylation is 1. The van der Waals surface area contributed by atoms with Crippen LogP contribution in [0.1, 0.15) is 22.4 Å². The molecule has 1 N–H and O–H groups in total. The topological polar surface area (TPSA) is 90.0 Å². The van der Waals surface area contributed by atoms with Crippen LogP contribution in [0.15, 0.2) is 41.6 Å². The second kappa shape index (κ2) is 9.60. The molecule has 4 aromatic rings. The maximum absolute atomic E-state index is 14.1. The fraction of sp³-hybridized carbons (Fsp3) is 0.200. The molecule has 0 fully saturated rings. The summed E-state index contributed by atoms with van der Waals surface area (Å²) in [5.41, 5.74) is -1.87. The Morgan fingerprint density at radius 3 is 2.27 bits per heavy atom. The van der Waals surface area contributed by atoms with Gasteiger partial charge in [0.1, 0.15) is 11.4 Å². The average molecular weight is 518 g/mol. The standard InChI is InChI=1S/C25H19F5N4O3/c1-11-14(25(28,29)30)10-33-23(37-18-6-5-15(26)21(27)12(18)2)19(11)16-9-17(35)20(13(3)34-16)22-24(36-4)32-8-7-31-22/h5-10H,1-4H3,(H,34,35). The Hall–Kier alpha value is -4.35. The number of hydrogen-bond donors (Lipinski definition) is 1. The third-order valence-electron chi connectivity index (χ3n) is 5.69. The molecule has 0 aliphatic rings. The van der Waals surface area contributed by atoms with Crippen LogP contribution in [0.5, 0.6) is 17.5 Å². The number of nitrogens with zero attached hydrogens (tertiary/aromatic N) is 3. The highest BCUT2D eigenvalue weighted by atomic mass is 19.4. The van der Waals surface area contributed by atoms with Gasteiger partial charge in [-0.15, -0.1) is 0 Å². The third-order valence-corrected chi connectivity index (χ3v) is 5.69. The Morgan fingerprint density at radius 2 is 1.62 bits per heavy atom. The number of pyridine rings is 2. The molecule has 7 nitrogen and oxygen atoms in total. The van der Waals surface area contributed by atoms with Gasteiger partial charge in [0.25, 0.3) is 0 Å². The van der Waals surface area contributed by atoms with E-state index in [0.29, 0.717) is 6.20 Å². The van der Waals surface area contributed by atoms with E-state index in [-0.39, 0.29) is 56.8 Å². The smallest absolute Gasteiger partial charge is 0.418 e. The van der Waals surface area contributed by atoms with Gasteiger partial charge in [0, 0.05) is 35.9 Å². The van der Waals surface area contributed by atoms with Crippen LogP contribution in [0.3, 0.4) is 0 Å². The van der Waals surface area contributed by atoms with Crippen molar-refractivity contribution in [2.45, 2.75) is 26.9 Å². The summed E-state index contributed by atoms with van der Waals surface area (Å²) in [5, 5.41) is 0. The van der Waals surface area contributed by atoms with Crippen molar-refractivity contribution in [2.24, 2.45) is 0 Å². The van der Waals surface area contributed by atoms with Crippen LogP contribution in [-0.4, -0.2) is 27.0 Å². The minimum atomic E-state index is -4.76. The van der Waals surface area contributed by atoms with E-state index >= 15 is 0 Å². The van der Waals surface area contributed by atoms with E-state index in [1.54, 1.807) is 0 Å². The van der Waals surface area contributed by atoms with Crippen molar-refractivity contribution in [3.05, 3.63) is 81.0 Å². The summed E-state index contributed by atoms with van der Waals surface area (Å²) < 4.78 is 79.7. The Labute approximate surface area is 207 Å². The molecule has 0 saturated carbocycles. The van der Waals surface area contributed by atoms with Crippen molar-refractivity contribution >= 4 is 0 Å². The van der Waals surface area contributed by atoms with E-state index in [1.165, 1.54) is 40.3 Å². The van der Waals surface area contributed by atoms with Gasteiger partial charge in [0.15, 0.2) is 17.1 Å². The molecule has 3 heterocycles. The van der Waals surface area contributed by atoms with E-state index in [1.807, 2.05) is 0 Å². The maximum Gasteiger partial charge on any atom is 0.418 e. The lowest BCUT2D eigenvalue weighted by Crippen LogP contribution is -2.14. The van der Waals surface area contributed by atoms with Crippen LogP contribution in [-0.2, 0) is 6.18 Å². The molecule has 0 saturated heterocycles. The Kier molecular flexibility index (Phi) is 6.68. The first kappa shape index (κ1) is 25.7. The second-order valence-electron chi connectivity index (χ2n) is 8.02. The van der Waals surface area contributed by atoms with E-state index in [0.717, 1.165) is 18.2 Å². The fourth-order valence-corrected chi connectivity index (χ4v) is 3.87. The monoisotopic (exact) mass is 518 g/mol. The van der Waals surface area contributed by atoms with Crippen LogP contribution in [0.2, 0.25) is 0 Å². The lowest BCUT2D eigenvalue weighted by Gasteiger charge is -2.19. The first-order valence-corrected chi connectivity index (χ1v) is 10.7. The summed E-state index contributed by atoms with van der Waals surface area (Å²) in [6.07, 6.45) is -1.44. The molecule has 0 unspecified atom stereocenters. The highest BCUT2D eigenvalue weighted by Gasteiger charge is 2.35. The molecular formula is C25H19F5N4O3. The first-order valence-electron chi connectivity index (χ1n) is 10.7. The minimum Gasteiger partial charge on any atom is -0.479 e. The number of aromatic nitrogens is 4. The third kappa shape index (κ3) is 4.74. The SMILES string of the molecule is COc1nccnc1-c1c(C)[nH]c(-c2c(Oc3ccc(F)c(F)c3C)ncc(C(F)(F)F)c2C)cc1=O. The molecular weight excluding hydrogens is 499 g/mol. The van der Waals surface area contributed by atoms with E-state index in [2.05, 4.69) is 19.9 Å². The van der Waals surface area contributed by atoms with Crippen LogP contribution in [0.4, 0.5) is 22.0 Å². The molecule has 0 bridgehead atoms. The van der Waals surface area contributed by atoms with Crippen LogP contribution < -0.4 is 14.9 Å². The number of aromatic amines is 1. The largest absolute Gasteiger partial charge is 0.479 e. The van der Waals surface area contributed by atoms with Crippen molar-refractivity contribution < 1.29 is 31.4 Å². The van der Waals surface area contributed by atoms with Gasteiger partial charge in [-0.1, -0.05) is 0 Å². The predicted octanol–water partition coefficient (Wildman–Crippen LogP) is 5.92. The van der Waals surface area contributed by atoms with Gasteiger partial charge in [0.05, 0.1) is 29.5 Å². The summed E-state index contributed by atoms with van der Waals surface area (Å²) in [6.45, 7) is 3.97. The normalized spacial score (nSPS) is 11.5. The van der Waals surface area contributed by atoms with Gasteiger partial charge >= 0.3 is 6.18 Å². The highest BCUT2D eigenvalue weighted by Crippen LogP contribution is 2.41. The second-order valence-corrected chi connectivity index (χ2v) is 8.02. The summed E-state index contributed by atoms with van der Waals surface area (Å²) in [4.78, 5) is 28.1. The Bertz CT molecular complexity index is 1570. The van der Waals surface area contributed by atoms with E-state index < -0.39 is 28.8 Å². The van der Waals surface area contributed by atoms with Crippen molar-refractivity contribution in [3.8, 4) is 40.0 Å². The lowest BCUT2D eigenvalue weighted by atomic mass is 10.00. The maximum atomic E-state index is 14.1. The predicted molar refractivity (Wildman–Crippen MR) is 124 cm³/mol. The summed E-state index contributed by atoms with van der Waals surface area (Å²) in [7, 11) is 1.35. The molecule has 0 aliphatic heterocycles. The number of H-pyrrole nitrogens is 1. The molecule has 37 heavy (non-hydrogen) atoms. The van der Waals surface area contributed by atoms with Crippen molar-refractivity contribution in [1.82, 2.24) is 19.9 Å². The van der Waals surface area contributed by atoms with Gasteiger partial charge < -0.3 is 14.5 Å². The molecule has 4 rings (SSSR count). The number of ether oxygens (including phenoxy) is 2. The van der Waals surface area contributed by atoms with Crippen LogP contribution in [0, 0.1) is 32.4 Å². The summed E-state index contributed by atoms with van der Waals surface area (Å²) in [5.74, 6) is -2.71. The molecule has 1 aromatic carbocycles. The first-order chi connectivity index (χ1) is 17.4. The number of benzene rings is 1. The number of alkyl halides is 3. The van der Waals surface area contributed by atoms with E-state index in [4.69, 9.17) is 9.47 Å². The van der Waals surface area contributed by atoms with Crippen LogP contribution >= 0.6 is 0 Å². The molecule has 0 amide bonds. The summed E-state index contributed by atoms with van der Waals surface area (Å²) in [6, 6.07) is 3.03. The number of rotatable bonds is 5. The zero-order valence-electron chi connectivity index (χ0n) is 19.9. The molecule has 0 radical (unpaired) electrons. The lowest BCUT2D eigenvalue weighted by molar-refractivity contribution is -0.138. The number of halogens is 5. The number of methoxy groups -OCH3 is 1. The van der Waals surface area contributed by atoms with Gasteiger partial charge in [-0.3, -0.25) is 4.79 Å². The quantitative estimate of drug-likeness (QED) is 0.330. The number of nitrogens with one attached hydrogen (secondary N) is 1. The fourth-order valence-electron chi connectivity index (χ4n) is 3.87. The molecule has 3 aromatic heterocycles. The molecule has 0 aliphatic carbocycles. The Balaban J connectivity index is 1.95. The van der Waals surface area contributed by atoms with Gasteiger partial charge in [-0.05, 0) is 38.5 Å². The zero-order valence-corrected chi connectivity index (χ0v) is 19.9. The summed E-state index contributed by atoms with van der Waals surface area (Å²) >= 11 is 0. The molecule has 0 spiro atoms. The number of hydrogen-bond acceptors (Lipinski definition) is 6. The minimum absolute atomic E-state index is 0.0413. The average Bonchev–Trinajstić information content (AvgIpc) is 2.83. The molecule has 12 heteroatoms. The van der Waals surface area contributed by atoms with Gasteiger partial charge in [-0.2, -0.15) is 13.2 Å². The van der Waals surface area contributed by atoms with Crippen molar-refractivity contribution in [1.29, 1.82) is 0 Å². The molecule has 192 valence electrons. The highest BCUT2D eigenvalue weighted by molar-refractivity contribution is 5.74. The van der Waals surface area contributed by atoms with E-state index in [9.17, 15) is 26.7 Å². The van der Waals surface area contributed by atoms with Crippen molar-refractivity contribution in [2.75, 3.05) is 7.11 Å². The van der Waals surface area contributed by atoms with Gasteiger partial charge in [-0.25, -0.2) is 23.7 Å². The van der Waals surface area contributed by atoms with Gasteiger partial charge in [0.2, 0.25) is 11.8 Å². The molecule has 0 atom stereocenters. The van der Waals surface area contributed by atoms with Crippen LogP contribution in [0.25, 0.3) is 22.5 Å². The van der Waals surface area contributed by atoms with Crippen molar-refractivity contribution in [3.63, 3.8) is 0 Å². The zero-order chi connectivity index (χ0) is 27.1.